The van der Waals surface area contributed by atoms with Crippen molar-refractivity contribution >= 4 is 0 Å². The van der Waals surface area contributed by atoms with Crippen molar-refractivity contribution in [3.8, 4) is 0 Å². The fourth-order valence-electron chi connectivity index (χ4n) is 1.58. The van der Waals surface area contributed by atoms with Gasteiger partial charge in [-0.25, -0.2) is 0 Å². The van der Waals surface area contributed by atoms with Crippen molar-refractivity contribution in [2.75, 3.05) is 0 Å². The molecule has 1 aliphatic rings. The molecule has 0 fully saturated rings. The van der Waals surface area contributed by atoms with Gasteiger partial charge in [0.1, 0.15) is 6.23 Å². The van der Waals surface area contributed by atoms with Crippen LogP contribution < -0.4 is 5.32 Å². The van der Waals surface area contributed by atoms with Gasteiger partial charge in [0.25, 0.3) is 0 Å². The van der Waals surface area contributed by atoms with Gasteiger partial charge >= 0.3 is 0 Å². The van der Waals surface area contributed by atoms with Crippen molar-refractivity contribution in [3.63, 3.8) is 0 Å². The number of dihydropyridines is 1. The van der Waals surface area contributed by atoms with E-state index in [1.54, 1.807) is 6.08 Å². The van der Waals surface area contributed by atoms with Crippen LogP contribution in [0.4, 0.5) is 0 Å². The van der Waals surface area contributed by atoms with Crippen molar-refractivity contribution in [3.05, 3.63) is 23.4 Å². The van der Waals surface area contributed by atoms with E-state index in [1.807, 2.05) is 6.08 Å². The maximum Gasteiger partial charge on any atom is 0.143 e. The summed E-state index contributed by atoms with van der Waals surface area (Å²) in [6, 6.07) is 0. The van der Waals surface area contributed by atoms with Gasteiger partial charge in [0.05, 0.1) is 0 Å². The molecular formula is C11H19NO. The van der Waals surface area contributed by atoms with E-state index in [9.17, 15) is 5.11 Å². The van der Waals surface area contributed by atoms with Gasteiger partial charge in [-0.3, -0.25) is 0 Å². The molecule has 2 nitrogen and oxygen atoms in total. The molecule has 1 rings (SSSR count). The average molecular weight is 181 g/mol. The minimum Gasteiger partial charge on any atom is -0.370 e. The summed E-state index contributed by atoms with van der Waals surface area (Å²) in [6.45, 7) is 8.61. The minimum absolute atomic E-state index is 0.442. The zero-order valence-electron chi connectivity index (χ0n) is 8.83. The molecule has 13 heavy (non-hydrogen) atoms. The molecule has 1 atom stereocenters. The van der Waals surface area contributed by atoms with Gasteiger partial charge in [-0.1, -0.05) is 33.8 Å². The summed E-state index contributed by atoms with van der Waals surface area (Å²) in [5.74, 6) is 0.950. The number of nitrogens with one attached hydrogen (secondary N) is 1. The van der Waals surface area contributed by atoms with Crippen molar-refractivity contribution in [2.24, 2.45) is 11.8 Å². The summed E-state index contributed by atoms with van der Waals surface area (Å²) in [4.78, 5) is 0. The summed E-state index contributed by atoms with van der Waals surface area (Å²) in [6.07, 6.45) is 3.31. The van der Waals surface area contributed by atoms with E-state index >= 15 is 0 Å². The summed E-state index contributed by atoms with van der Waals surface area (Å²) >= 11 is 0. The van der Waals surface area contributed by atoms with E-state index in [1.165, 1.54) is 11.3 Å². The number of aliphatic hydroxyl groups excluding tert-OH is 1. The monoisotopic (exact) mass is 181 g/mol. The van der Waals surface area contributed by atoms with E-state index in [0.717, 1.165) is 0 Å². The van der Waals surface area contributed by atoms with Gasteiger partial charge < -0.3 is 10.4 Å². The fraction of sp³-hybridized carbons (Fsp3) is 0.636. The van der Waals surface area contributed by atoms with Crippen molar-refractivity contribution in [1.82, 2.24) is 5.32 Å². The summed E-state index contributed by atoms with van der Waals surface area (Å²) in [5.41, 5.74) is 2.48. The van der Waals surface area contributed by atoms with Crippen molar-refractivity contribution in [1.29, 1.82) is 0 Å². The lowest BCUT2D eigenvalue weighted by Gasteiger charge is -2.26. The number of hydrogen-bond acceptors (Lipinski definition) is 2. The van der Waals surface area contributed by atoms with Crippen LogP contribution in [0, 0.1) is 11.8 Å². The quantitative estimate of drug-likeness (QED) is 0.683. The third kappa shape index (κ3) is 2.34. The zero-order valence-corrected chi connectivity index (χ0v) is 8.83. The molecule has 0 saturated heterocycles. The maximum absolute atomic E-state index is 9.40. The highest BCUT2D eigenvalue weighted by Crippen LogP contribution is 2.23. The Morgan fingerprint density at radius 2 is 1.85 bits per heavy atom. The molecule has 0 aromatic heterocycles. The highest BCUT2D eigenvalue weighted by atomic mass is 16.3. The number of aliphatic hydroxyl groups is 1. The van der Waals surface area contributed by atoms with Gasteiger partial charge in [0, 0.05) is 5.70 Å². The van der Waals surface area contributed by atoms with E-state index < -0.39 is 6.23 Å². The second-order valence-corrected chi connectivity index (χ2v) is 4.13. The zero-order chi connectivity index (χ0) is 10.0. The van der Waals surface area contributed by atoms with E-state index in [4.69, 9.17) is 0 Å². The molecule has 2 heteroatoms. The van der Waals surface area contributed by atoms with Crippen LogP contribution >= 0.6 is 0 Å². The number of hydrogen-bond donors (Lipinski definition) is 2. The molecular weight excluding hydrogens is 162 g/mol. The molecule has 0 aromatic carbocycles. The van der Waals surface area contributed by atoms with Gasteiger partial charge in [-0.05, 0) is 23.5 Å². The molecule has 0 spiro atoms. The maximum atomic E-state index is 9.40. The smallest absolute Gasteiger partial charge is 0.143 e. The number of rotatable bonds is 2. The van der Waals surface area contributed by atoms with Gasteiger partial charge in [0.2, 0.25) is 0 Å². The first-order valence-corrected chi connectivity index (χ1v) is 4.89. The highest BCUT2D eigenvalue weighted by molar-refractivity contribution is 5.31. The fourth-order valence-corrected chi connectivity index (χ4v) is 1.58. The van der Waals surface area contributed by atoms with E-state index in [0.29, 0.717) is 11.8 Å². The average Bonchev–Trinajstić information content (AvgIpc) is 2.03. The molecule has 1 aliphatic heterocycles. The van der Waals surface area contributed by atoms with Crippen LogP contribution in [0.25, 0.3) is 0 Å². The van der Waals surface area contributed by atoms with Crippen LogP contribution in [0.15, 0.2) is 23.4 Å². The van der Waals surface area contributed by atoms with Gasteiger partial charge in [0.15, 0.2) is 0 Å². The summed E-state index contributed by atoms with van der Waals surface area (Å²) in [7, 11) is 0. The van der Waals surface area contributed by atoms with Crippen LogP contribution in [0.5, 0.6) is 0 Å². The first-order valence-electron chi connectivity index (χ1n) is 4.89. The topological polar surface area (TPSA) is 32.3 Å². The normalized spacial score (nSPS) is 22.8. The molecule has 0 bridgehead atoms. The Labute approximate surface area is 80.3 Å². The van der Waals surface area contributed by atoms with Gasteiger partial charge in [-0.2, -0.15) is 0 Å². The van der Waals surface area contributed by atoms with Crippen LogP contribution in [-0.2, 0) is 0 Å². The minimum atomic E-state index is -0.514. The molecule has 0 radical (unpaired) electrons. The van der Waals surface area contributed by atoms with Crippen molar-refractivity contribution in [2.45, 2.75) is 33.9 Å². The van der Waals surface area contributed by atoms with E-state index in [2.05, 4.69) is 33.0 Å². The Balaban J connectivity index is 2.95. The lowest BCUT2D eigenvalue weighted by atomic mass is 9.93. The molecule has 0 amide bonds. The molecule has 0 aromatic rings. The predicted molar refractivity (Wildman–Crippen MR) is 55.0 cm³/mol. The van der Waals surface area contributed by atoms with Gasteiger partial charge in [-0.15, -0.1) is 0 Å². The third-order valence-electron chi connectivity index (χ3n) is 2.27. The van der Waals surface area contributed by atoms with Crippen LogP contribution in [0.1, 0.15) is 27.7 Å². The van der Waals surface area contributed by atoms with Crippen LogP contribution in [0.2, 0.25) is 0 Å². The highest BCUT2D eigenvalue weighted by Gasteiger charge is 2.17. The Kier molecular flexibility index (Phi) is 3.15. The molecule has 2 N–H and O–H groups in total. The molecule has 1 unspecified atom stereocenters. The largest absolute Gasteiger partial charge is 0.370 e. The van der Waals surface area contributed by atoms with Crippen molar-refractivity contribution < 1.29 is 5.11 Å². The first kappa shape index (κ1) is 10.3. The summed E-state index contributed by atoms with van der Waals surface area (Å²) in [5, 5.41) is 12.5. The Bertz CT molecular complexity index is 238. The Morgan fingerprint density at radius 3 is 2.31 bits per heavy atom. The third-order valence-corrected chi connectivity index (χ3v) is 2.27. The number of allylic oxidation sites excluding steroid dienone is 3. The standard InChI is InChI=1S/C11H19NO/c1-7(2)9-5-6-10(13)12-11(9)8(3)4/h5-8,10,12-13H,1-4H3. The van der Waals surface area contributed by atoms with E-state index in [-0.39, 0.29) is 0 Å². The van der Waals surface area contributed by atoms with Crippen LogP contribution in [-0.4, -0.2) is 11.3 Å². The lowest BCUT2D eigenvalue weighted by Crippen LogP contribution is -2.32. The SMILES string of the molecule is CC(C)C1=C(C(C)C)NC(O)C=C1. The molecule has 0 aliphatic carbocycles. The second kappa shape index (κ2) is 3.97. The lowest BCUT2D eigenvalue weighted by molar-refractivity contribution is 0.190. The second-order valence-electron chi connectivity index (χ2n) is 4.13. The Morgan fingerprint density at radius 1 is 1.23 bits per heavy atom. The molecule has 74 valence electrons. The molecule has 1 heterocycles. The van der Waals surface area contributed by atoms with Crippen LogP contribution in [0.3, 0.4) is 0 Å². The predicted octanol–water partition coefficient (Wildman–Crippen LogP) is 2.03. The molecule has 0 saturated carbocycles. The first-order chi connectivity index (χ1) is 6.02. The Hall–Kier alpha value is -0.760. The summed E-state index contributed by atoms with van der Waals surface area (Å²) < 4.78 is 0.